The van der Waals surface area contributed by atoms with Crippen LogP contribution in [0.3, 0.4) is 0 Å². The third-order valence-corrected chi connectivity index (χ3v) is 8.93. The minimum Gasteiger partial charge on any atom is -0.311 e. The monoisotopic (exact) mass is 452 g/mol. The molecule has 5 nitrogen and oxygen atoms in total. The van der Waals surface area contributed by atoms with E-state index in [1.54, 1.807) is 46.4 Å². The molecule has 7 heteroatoms. The Labute approximate surface area is 186 Å². The van der Waals surface area contributed by atoms with Gasteiger partial charge in [0.2, 0.25) is 10.0 Å². The summed E-state index contributed by atoms with van der Waals surface area (Å²) in [7, 11) is -3.56. The van der Waals surface area contributed by atoms with Gasteiger partial charge in [-0.25, -0.2) is 8.42 Å². The molecule has 0 amide bonds. The van der Waals surface area contributed by atoms with Gasteiger partial charge in [-0.05, 0) is 54.5 Å². The van der Waals surface area contributed by atoms with Gasteiger partial charge in [-0.3, -0.25) is 4.79 Å². The van der Waals surface area contributed by atoms with Gasteiger partial charge in [0, 0.05) is 47.8 Å². The van der Waals surface area contributed by atoms with Crippen LogP contribution < -0.4 is 5.56 Å². The molecular formula is C24H24N2O3S2. The Bertz CT molecular complexity index is 1270. The van der Waals surface area contributed by atoms with Crippen LogP contribution in [0.5, 0.6) is 0 Å². The summed E-state index contributed by atoms with van der Waals surface area (Å²) in [5.41, 5.74) is 3.04. The SMILES string of the molecule is CSc1ccc(-c2ccc(=O)n3c2[C@@H]2C[C@@H](CN(S(=O)(=O)c4ccccc4)C2)C3)cc1. The number of hydrogen-bond donors (Lipinski definition) is 0. The first-order chi connectivity index (χ1) is 15.0. The van der Waals surface area contributed by atoms with Crippen molar-refractivity contribution in [2.45, 2.75) is 28.7 Å². The molecule has 0 aliphatic carbocycles. The summed E-state index contributed by atoms with van der Waals surface area (Å²) < 4.78 is 30.0. The summed E-state index contributed by atoms with van der Waals surface area (Å²) in [5.74, 6) is 0.131. The maximum Gasteiger partial charge on any atom is 0.250 e. The molecular weight excluding hydrogens is 428 g/mol. The highest BCUT2D eigenvalue weighted by atomic mass is 32.2. The Balaban J connectivity index is 1.56. The summed E-state index contributed by atoms with van der Waals surface area (Å²) >= 11 is 1.69. The molecule has 1 fully saturated rings. The molecule has 1 aromatic heterocycles. The van der Waals surface area contributed by atoms with Crippen molar-refractivity contribution in [2.24, 2.45) is 5.92 Å². The van der Waals surface area contributed by atoms with Crippen molar-refractivity contribution in [1.29, 1.82) is 0 Å². The Morgan fingerprint density at radius 1 is 0.903 bits per heavy atom. The smallest absolute Gasteiger partial charge is 0.250 e. The van der Waals surface area contributed by atoms with Crippen LogP contribution in [0.25, 0.3) is 11.1 Å². The molecule has 0 radical (unpaired) electrons. The second-order valence-corrected chi connectivity index (χ2v) is 11.1. The molecule has 0 spiro atoms. The lowest BCUT2D eigenvalue weighted by Gasteiger charge is -2.42. The Morgan fingerprint density at radius 2 is 1.65 bits per heavy atom. The van der Waals surface area contributed by atoms with E-state index in [0.29, 0.717) is 24.5 Å². The predicted octanol–water partition coefficient (Wildman–Crippen LogP) is 4.05. The summed E-state index contributed by atoms with van der Waals surface area (Å²) in [6.45, 7) is 1.40. The molecule has 3 aromatic rings. The molecule has 2 bridgehead atoms. The van der Waals surface area contributed by atoms with E-state index in [9.17, 15) is 13.2 Å². The van der Waals surface area contributed by atoms with E-state index in [1.807, 2.05) is 23.0 Å². The van der Waals surface area contributed by atoms with Crippen molar-refractivity contribution < 1.29 is 8.42 Å². The molecule has 0 unspecified atom stereocenters. The standard InChI is InChI=1S/C24H24N2O3S2/c1-30-20-9-7-18(8-10-20)22-11-12-23(27)26-15-17-13-19(24(22)26)16-25(14-17)31(28,29)21-5-3-2-4-6-21/h2-12,17,19H,13-16H2,1H3/t17-,19+/m0/s1. The van der Waals surface area contributed by atoms with Crippen LogP contribution in [0, 0.1) is 5.92 Å². The van der Waals surface area contributed by atoms with E-state index in [2.05, 4.69) is 24.3 Å². The maximum absolute atomic E-state index is 13.3. The quantitative estimate of drug-likeness (QED) is 0.561. The van der Waals surface area contributed by atoms with Gasteiger partial charge in [0.1, 0.15) is 0 Å². The summed E-state index contributed by atoms with van der Waals surface area (Å²) in [6, 6.07) is 20.5. The topological polar surface area (TPSA) is 59.4 Å². The molecule has 1 saturated heterocycles. The van der Waals surface area contributed by atoms with Crippen LogP contribution in [0.4, 0.5) is 0 Å². The average molecular weight is 453 g/mol. The molecule has 2 aliphatic heterocycles. The highest BCUT2D eigenvalue weighted by Crippen LogP contribution is 2.41. The van der Waals surface area contributed by atoms with Crippen LogP contribution in [-0.2, 0) is 16.6 Å². The highest BCUT2D eigenvalue weighted by molar-refractivity contribution is 7.98. The van der Waals surface area contributed by atoms with Gasteiger partial charge in [-0.1, -0.05) is 30.3 Å². The number of hydrogen-bond acceptors (Lipinski definition) is 4. The van der Waals surface area contributed by atoms with Gasteiger partial charge in [0.25, 0.3) is 5.56 Å². The van der Waals surface area contributed by atoms with E-state index in [4.69, 9.17) is 0 Å². The van der Waals surface area contributed by atoms with Crippen molar-refractivity contribution in [3.63, 3.8) is 0 Å². The molecule has 2 aromatic carbocycles. The lowest BCUT2D eigenvalue weighted by Crippen LogP contribution is -2.49. The molecule has 2 atom stereocenters. The van der Waals surface area contributed by atoms with Crippen molar-refractivity contribution in [1.82, 2.24) is 8.87 Å². The molecule has 2 aliphatic rings. The maximum atomic E-state index is 13.3. The summed E-state index contributed by atoms with van der Waals surface area (Å²) in [4.78, 5) is 14.2. The Morgan fingerprint density at radius 3 is 2.35 bits per heavy atom. The van der Waals surface area contributed by atoms with E-state index in [-0.39, 0.29) is 17.4 Å². The molecule has 0 N–H and O–H groups in total. The zero-order valence-electron chi connectivity index (χ0n) is 17.3. The number of fused-ring (bicyclic) bond motifs is 4. The van der Waals surface area contributed by atoms with Crippen LogP contribution in [0.2, 0.25) is 0 Å². The molecule has 0 saturated carbocycles. The van der Waals surface area contributed by atoms with E-state index in [1.165, 1.54) is 4.90 Å². The molecule has 31 heavy (non-hydrogen) atoms. The van der Waals surface area contributed by atoms with E-state index in [0.717, 1.165) is 23.2 Å². The van der Waals surface area contributed by atoms with Gasteiger partial charge in [-0.15, -0.1) is 11.8 Å². The first-order valence-corrected chi connectivity index (χ1v) is 13.1. The third-order valence-electron chi connectivity index (χ3n) is 6.34. The second-order valence-electron chi connectivity index (χ2n) is 8.24. The van der Waals surface area contributed by atoms with Crippen molar-refractivity contribution in [3.8, 4) is 11.1 Å². The fourth-order valence-corrected chi connectivity index (χ4v) is 6.91. The Kier molecular flexibility index (Phi) is 5.28. The third kappa shape index (κ3) is 3.64. The first kappa shape index (κ1) is 20.5. The largest absolute Gasteiger partial charge is 0.311 e. The van der Waals surface area contributed by atoms with Gasteiger partial charge >= 0.3 is 0 Å². The summed E-state index contributed by atoms with van der Waals surface area (Å²) in [6.07, 6.45) is 2.95. The number of pyridine rings is 1. The molecule has 5 rings (SSSR count). The Hall–Kier alpha value is -2.35. The zero-order chi connectivity index (χ0) is 21.6. The van der Waals surface area contributed by atoms with Crippen molar-refractivity contribution >= 4 is 21.8 Å². The van der Waals surface area contributed by atoms with Gasteiger partial charge in [0.15, 0.2) is 0 Å². The average Bonchev–Trinajstić information content (AvgIpc) is 2.80. The van der Waals surface area contributed by atoms with Crippen LogP contribution in [0.1, 0.15) is 18.0 Å². The number of thioether (sulfide) groups is 1. The first-order valence-electron chi connectivity index (χ1n) is 10.4. The number of sulfonamides is 1. The van der Waals surface area contributed by atoms with Gasteiger partial charge in [0.05, 0.1) is 4.90 Å². The van der Waals surface area contributed by atoms with Crippen LogP contribution in [-0.4, -0.2) is 36.6 Å². The van der Waals surface area contributed by atoms with Gasteiger partial charge in [-0.2, -0.15) is 4.31 Å². The minimum absolute atomic E-state index is 0.00452. The second kappa shape index (κ2) is 7.97. The van der Waals surface area contributed by atoms with Crippen molar-refractivity contribution in [2.75, 3.05) is 19.3 Å². The lowest BCUT2D eigenvalue weighted by atomic mass is 9.81. The lowest BCUT2D eigenvalue weighted by molar-refractivity contribution is 0.187. The summed E-state index contributed by atoms with van der Waals surface area (Å²) in [5, 5.41) is 0. The fraction of sp³-hybridized carbons (Fsp3) is 0.292. The number of piperidine rings is 1. The number of benzene rings is 2. The fourth-order valence-electron chi connectivity index (χ4n) is 4.92. The van der Waals surface area contributed by atoms with Crippen LogP contribution in [0.15, 0.2) is 81.3 Å². The van der Waals surface area contributed by atoms with Crippen LogP contribution >= 0.6 is 11.8 Å². The number of aromatic nitrogens is 1. The van der Waals surface area contributed by atoms with E-state index >= 15 is 0 Å². The minimum atomic E-state index is -3.56. The van der Waals surface area contributed by atoms with Gasteiger partial charge < -0.3 is 4.57 Å². The highest BCUT2D eigenvalue weighted by Gasteiger charge is 2.40. The van der Waals surface area contributed by atoms with E-state index < -0.39 is 10.0 Å². The molecule has 160 valence electrons. The molecule has 3 heterocycles. The normalized spacial score (nSPS) is 20.9. The van der Waals surface area contributed by atoms with Crippen molar-refractivity contribution in [3.05, 3.63) is 82.8 Å². The number of nitrogens with zero attached hydrogens (tertiary/aromatic N) is 2. The number of rotatable bonds is 4. The predicted molar refractivity (Wildman–Crippen MR) is 124 cm³/mol. The zero-order valence-corrected chi connectivity index (χ0v) is 18.9.